The monoisotopic (exact) mass is 326 g/mol. The lowest BCUT2D eigenvalue weighted by atomic mass is 10.1. The Balaban J connectivity index is 2.01. The molecule has 126 valence electrons. The number of hydrogen-bond acceptors (Lipinski definition) is 2. The molecule has 0 fully saturated rings. The van der Waals surface area contributed by atoms with Crippen LogP contribution in [0.2, 0.25) is 0 Å². The highest BCUT2D eigenvalue weighted by molar-refractivity contribution is 5.91. The Kier molecular flexibility index (Phi) is 5.26. The van der Waals surface area contributed by atoms with Gasteiger partial charge in [0, 0.05) is 42.0 Å². The van der Waals surface area contributed by atoms with Crippen molar-refractivity contribution in [2.45, 2.75) is 39.2 Å². The first-order valence-electron chi connectivity index (χ1n) is 8.52. The summed E-state index contributed by atoms with van der Waals surface area (Å²) in [5, 5.41) is 9.86. The molecule has 3 nitrogen and oxygen atoms in total. The fourth-order valence-corrected chi connectivity index (χ4v) is 3.34. The summed E-state index contributed by atoms with van der Waals surface area (Å²) in [6.45, 7) is 3.18. The summed E-state index contributed by atoms with van der Waals surface area (Å²) < 4.78 is 16.0. The van der Waals surface area contributed by atoms with Crippen LogP contribution in [0.1, 0.15) is 31.2 Å². The predicted octanol–water partition coefficient (Wildman–Crippen LogP) is 4.70. The van der Waals surface area contributed by atoms with Gasteiger partial charge in [-0.3, -0.25) is 4.98 Å². The number of fused-ring (bicyclic) bond motifs is 1. The van der Waals surface area contributed by atoms with Crippen molar-refractivity contribution in [2.24, 2.45) is 0 Å². The van der Waals surface area contributed by atoms with Crippen LogP contribution in [0.3, 0.4) is 0 Å². The van der Waals surface area contributed by atoms with Gasteiger partial charge in [0.05, 0.1) is 5.69 Å². The molecule has 0 aliphatic rings. The second-order valence-corrected chi connectivity index (χ2v) is 6.17. The second kappa shape index (κ2) is 7.58. The Morgan fingerprint density at radius 2 is 1.96 bits per heavy atom. The molecule has 4 heteroatoms. The van der Waals surface area contributed by atoms with Crippen LogP contribution < -0.4 is 0 Å². The molecule has 0 saturated carbocycles. The lowest BCUT2D eigenvalue weighted by Crippen LogP contribution is -2.01. The van der Waals surface area contributed by atoms with E-state index < -0.39 is 0 Å². The number of halogens is 1. The molecular formula is C20H23FN2O. The molecule has 1 aromatic carbocycles. The minimum absolute atomic E-state index is 0.205. The van der Waals surface area contributed by atoms with Gasteiger partial charge in [0.15, 0.2) is 0 Å². The Bertz CT molecular complexity index is 811. The van der Waals surface area contributed by atoms with Crippen molar-refractivity contribution < 1.29 is 9.50 Å². The topological polar surface area (TPSA) is 38.0 Å². The molecule has 0 radical (unpaired) electrons. The SMILES string of the molecule is Cc1c(-c2cccnc2)n(CCCCCCO)c2ccc(F)cc12. The zero-order valence-corrected chi connectivity index (χ0v) is 14.0. The average Bonchev–Trinajstić information content (AvgIpc) is 2.87. The van der Waals surface area contributed by atoms with Crippen LogP contribution in [0.4, 0.5) is 4.39 Å². The van der Waals surface area contributed by atoms with E-state index in [4.69, 9.17) is 5.11 Å². The lowest BCUT2D eigenvalue weighted by Gasteiger charge is -2.11. The molecule has 0 saturated heterocycles. The van der Waals surface area contributed by atoms with Crippen LogP contribution in [0.15, 0.2) is 42.7 Å². The number of aliphatic hydroxyl groups excluding tert-OH is 1. The van der Waals surface area contributed by atoms with E-state index >= 15 is 0 Å². The molecule has 3 aromatic rings. The molecule has 0 bridgehead atoms. The van der Waals surface area contributed by atoms with Crippen LogP contribution in [-0.2, 0) is 6.54 Å². The summed E-state index contributed by atoms with van der Waals surface area (Å²) in [7, 11) is 0. The zero-order valence-electron chi connectivity index (χ0n) is 14.0. The molecule has 0 spiro atoms. The van der Waals surface area contributed by atoms with Crippen LogP contribution in [0.25, 0.3) is 22.2 Å². The number of nitrogens with zero attached hydrogens (tertiary/aromatic N) is 2. The van der Waals surface area contributed by atoms with Gasteiger partial charge in [-0.05, 0) is 55.7 Å². The molecule has 24 heavy (non-hydrogen) atoms. The fraction of sp³-hybridized carbons (Fsp3) is 0.350. The molecule has 0 aliphatic carbocycles. The molecule has 2 heterocycles. The van der Waals surface area contributed by atoms with E-state index in [-0.39, 0.29) is 12.4 Å². The van der Waals surface area contributed by atoms with Gasteiger partial charge in [-0.15, -0.1) is 0 Å². The molecule has 3 rings (SSSR count). The highest BCUT2D eigenvalue weighted by Gasteiger charge is 2.16. The van der Waals surface area contributed by atoms with Gasteiger partial charge in [0.1, 0.15) is 5.82 Å². The van der Waals surface area contributed by atoms with Crippen LogP contribution >= 0.6 is 0 Å². The first-order valence-corrected chi connectivity index (χ1v) is 8.52. The maximum Gasteiger partial charge on any atom is 0.123 e. The Morgan fingerprint density at radius 3 is 2.71 bits per heavy atom. The lowest BCUT2D eigenvalue weighted by molar-refractivity contribution is 0.282. The van der Waals surface area contributed by atoms with Crippen LogP contribution in [-0.4, -0.2) is 21.3 Å². The second-order valence-electron chi connectivity index (χ2n) is 6.17. The van der Waals surface area contributed by atoms with Gasteiger partial charge in [0.2, 0.25) is 0 Å². The number of pyridine rings is 1. The van der Waals surface area contributed by atoms with E-state index in [1.54, 1.807) is 12.3 Å². The van der Waals surface area contributed by atoms with Crippen molar-refractivity contribution in [2.75, 3.05) is 6.61 Å². The van der Waals surface area contributed by atoms with Gasteiger partial charge in [0.25, 0.3) is 0 Å². The van der Waals surface area contributed by atoms with E-state index in [0.29, 0.717) is 0 Å². The number of aromatic nitrogens is 2. The van der Waals surface area contributed by atoms with E-state index in [2.05, 4.69) is 9.55 Å². The molecule has 0 unspecified atom stereocenters. The van der Waals surface area contributed by atoms with Crippen molar-refractivity contribution in [3.05, 3.63) is 54.1 Å². The van der Waals surface area contributed by atoms with Crippen molar-refractivity contribution in [3.8, 4) is 11.3 Å². The minimum atomic E-state index is -0.205. The molecule has 0 aliphatic heterocycles. The third-order valence-corrected chi connectivity index (χ3v) is 4.50. The van der Waals surface area contributed by atoms with E-state index in [0.717, 1.165) is 60.0 Å². The van der Waals surface area contributed by atoms with Crippen molar-refractivity contribution in [1.29, 1.82) is 0 Å². The summed E-state index contributed by atoms with van der Waals surface area (Å²) in [5.41, 5.74) is 4.33. The summed E-state index contributed by atoms with van der Waals surface area (Å²) in [4.78, 5) is 4.24. The number of rotatable bonds is 7. The van der Waals surface area contributed by atoms with Crippen LogP contribution in [0.5, 0.6) is 0 Å². The maximum absolute atomic E-state index is 13.7. The third kappa shape index (κ3) is 3.34. The van der Waals surface area contributed by atoms with Gasteiger partial charge in [-0.2, -0.15) is 0 Å². The Morgan fingerprint density at radius 1 is 1.12 bits per heavy atom. The Labute approximate surface area is 141 Å². The summed E-state index contributed by atoms with van der Waals surface area (Å²) in [6.07, 6.45) is 7.62. The smallest absolute Gasteiger partial charge is 0.123 e. The standard InChI is InChI=1S/C20H23FN2O/c1-15-18-13-17(21)8-9-19(18)23(11-4-2-3-5-12-24)20(15)16-7-6-10-22-14-16/h6-10,13-14,24H,2-5,11-12H2,1H3. The van der Waals surface area contributed by atoms with Crippen molar-refractivity contribution >= 4 is 10.9 Å². The van der Waals surface area contributed by atoms with Gasteiger partial charge in [-0.1, -0.05) is 12.8 Å². The minimum Gasteiger partial charge on any atom is -0.396 e. The summed E-state index contributed by atoms with van der Waals surface area (Å²) in [6, 6.07) is 8.99. The van der Waals surface area contributed by atoms with Crippen molar-refractivity contribution in [1.82, 2.24) is 9.55 Å². The van der Waals surface area contributed by atoms with Gasteiger partial charge in [-0.25, -0.2) is 4.39 Å². The normalized spacial score (nSPS) is 11.3. The van der Waals surface area contributed by atoms with E-state index in [9.17, 15) is 4.39 Å². The predicted molar refractivity (Wildman–Crippen MR) is 95.4 cm³/mol. The zero-order chi connectivity index (χ0) is 16.9. The number of benzene rings is 1. The quantitative estimate of drug-likeness (QED) is 0.639. The summed E-state index contributed by atoms with van der Waals surface area (Å²) >= 11 is 0. The highest BCUT2D eigenvalue weighted by Crippen LogP contribution is 2.33. The summed E-state index contributed by atoms with van der Waals surface area (Å²) in [5.74, 6) is -0.205. The van der Waals surface area contributed by atoms with E-state index in [1.165, 1.54) is 6.07 Å². The number of aliphatic hydroxyl groups is 1. The molecule has 0 amide bonds. The molecule has 1 N–H and O–H groups in total. The van der Waals surface area contributed by atoms with Gasteiger partial charge < -0.3 is 9.67 Å². The van der Waals surface area contributed by atoms with Gasteiger partial charge >= 0.3 is 0 Å². The highest BCUT2D eigenvalue weighted by atomic mass is 19.1. The number of unbranched alkanes of at least 4 members (excludes halogenated alkanes) is 3. The maximum atomic E-state index is 13.7. The van der Waals surface area contributed by atoms with E-state index in [1.807, 2.05) is 31.3 Å². The average molecular weight is 326 g/mol. The first kappa shape index (κ1) is 16.7. The largest absolute Gasteiger partial charge is 0.396 e. The van der Waals surface area contributed by atoms with Crippen molar-refractivity contribution in [3.63, 3.8) is 0 Å². The molecule has 2 aromatic heterocycles. The molecule has 0 atom stereocenters. The number of hydrogen-bond donors (Lipinski definition) is 1. The van der Waals surface area contributed by atoms with Crippen LogP contribution in [0, 0.1) is 12.7 Å². The first-order chi connectivity index (χ1) is 11.7. The number of aryl methyl sites for hydroxylation is 2. The molecular weight excluding hydrogens is 303 g/mol. The third-order valence-electron chi connectivity index (χ3n) is 4.50. The fourth-order valence-electron chi connectivity index (χ4n) is 3.34. The Hall–Kier alpha value is -2.20.